The van der Waals surface area contributed by atoms with E-state index < -0.39 is 0 Å². The van der Waals surface area contributed by atoms with Gasteiger partial charge in [-0.1, -0.05) is 24.3 Å². The summed E-state index contributed by atoms with van der Waals surface area (Å²) in [6, 6.07) is 25.4. The summed E-state index contributed by atoms with van der Waals surface area (Å²) in [5.74, 6) is 0.644. The number of aryl methyl sites for hydroxylation is 1. The lowest BCUT2D eigenvalue weighted by atomic mass is 9.95. The first-order valence-corrected chi connectivity index (χ1v) is 11.5. The van der Waals surface area contributed by atoms with Crippen LogP contribution >= 0.6 is 11.8 Å². The van der Waals surface area contributed by atoms with E-state index in [0.29, 0.717) is 5.56 Å². The zero-order valence-electron chi connectivity index (χ0n) is 18.3. The highest BCUT2D eigenvalue weighted by molar-refractivity contribution is 7.98. The number of nitrogens with one attached hydrogen (secondary N) is 1. The minimum absolute atomic E-state index is 0.152. The molecule has 1 amide bonds. The molecule has 1 aromatic heterocycles. The number of benzene rings is 3. The summed E-state index contributed by atoms with van der Waals surface area (Å²) in [6.45, 7) is 2.03. The Morgan fingerprint density at radius 1 is 0.938 bits per heavy atom. The van der Waals surface area contributed by atoms with Crippen LogP contribution in [0.15, 0.2) is 90.0 Å². The Bertz CT molecular complexity index is 1260. The molecule has 0 radical (unpaired) electrons. The van der Waals surface area contributed by atoms with Gasteiger partial charge in [0, 0.05) is 27.9 Å². The zero-order chi connectivity index (χ0) is 22.5. The second kappa shape index (κ2) is 9.71. The predicted octanol–water partition coefficient (Wildman–Crippen LogP) is 6.71. The molecule has 32 heavy (non-hydrogen) atoms. The maximum Gasteiger partial charge on any atom is 0.256 e. The number of rotatable bonds is 6. The highest BCUT2D eigenvalue weighted by atomic mass is 32.2. The van der Waals surface area contributed by atoms with E-state index >= 15 is 0 Å². The summed E-state index contributed by atoms with van der Waals surface area (Å²) in [6.07, 6.45) is 3.79. The van der Waals surface area contributed by atoms with Gasteiger partial charge in [-0.2, -0.15) is 0 Å². The van der Waals surface area contributed by atoms with Crippen molar-refractivity contribution in [2.24, 2.45) is 0 Å². The fourth-order valence-electron chi connectivity index (χ4n) is 3.62. The van der Waals surface area contributed by atoms with Gasteiger partial charge in [0.2, 0.25) is 0 Å². The molecular weight excluding hydrogens is 416 g/mol. The monoisotopic (exact) mass is 440 g/mol. The Morgan fingerprint density at radius 2 is 1.81 bits per heavy atom. The maximum absolute atomic E-state index is 13.3. The zero-order valence-corrected chi connectivity index (χ0v) is 19.1. The minimum Gasteiger partial charge on any atom is -0.497 e. The molecule has 0 aliphatic heterocycles. The van der Waals surface area contributed by atoms with E-state index in [1.54, 1.807) is 25.1 Å². The molecule has 4 rings (SSSR count). The van der Waals surface area contributed by atoms with Crippen molar-refractivity contribution in [1.29, 1.82) is 0 Å². The van der Waals surface area contributed by atoms with Crippen molar-refractivity contribution >= 4 is 23.4 Å². The Balaban J connectivity index is 1.69. The largest absolute Gasteiger partial charge is 0.497 e. The molecule has 0 saturated heterocycles. The highest BCUT2D eigenvalue weighted by Crippen LogP contribution is 2.33. The first-order chi connectivity index (χ1) is 15.6. The van der Waals surface area contributed by atoms with Gasteiger partial charge in [-0.05, 0) is 84.5 Å². The molecule has 0 saturated carbocycles. The van der Waals surface area contributed by atoms with Gasteiger partial charge in [0.05, 0.1) is 12.8 Å². The summed E-state index contributed by atoms with van der Waals surface area (Å²) in [5, 5.41) is 3.06. The molecule has 160 valence electrons. The van der Waals surface area contributed by atoms with Gasteiger partial charge in [0.1, 0.15) is 5.75 Å². The van der Waals surface area contributed by atoms with Crippen molar-refractivity contribution in [3.05, 3.63) is 96.2 Å². The Labute approximate surface area is 192 Å². The van der Waals surface area contributed by atoms with Crippen molar-refractivity contribution in [1.82, 2.24) is 4.98 Å². The van der Waals surface area contributed by atoms with Gasteiger partial charge in [0.15, 0.2) is 0 Å². The number of ether oxygens (including phenoxy) is 1. The molecule has 0 fully saturated rings. The smallest absolute Gasteiger partial charge is 0.256 e. The van der Waals surface area contributed by atoms with Crippen molar-refractivity contribution in [3.63, 3.8) is 0 Å². The van der Waals surface area contributed by atoms with E-state index in [4.69, 9.17) is 4.74 Å². The van der Waals surface area contributed by atoms with Gasteiger partial charge >= 0.3 is 0 Å². The van der Waals surface area contributed by atoms with Gasteiger partial charge in [-0.15, -0.1) is 11.8 Å². The third-order valence-corrected chi connectivity index (χ3v) is 6.00. The fraction of sp³-hybridized carbons (Fsp3) is 0.111. The van der Waals surface area contributed by atoms with Crippen molar-refractivity contribution in [2.45, 2.75) is 11.8 Å². The van der Waals surface area contributed by atoms with Gasteiger partial charge in [0.25, 0.3) is 5.91 Å². The number of carbonyl (C=O) groups excluding carboxylic acids is 1. The number of methoxy groups -OCH3 is 1. The normalized spacial score (nSPS) is 10.6. The predicted molar refractivity (Wildman–Crippen MR) is 133 cm³/mol. The third kappa shape index (κ3) is 4.68. The molecule has 0 bridgehead atoms. The average Bonchev–Trinajstić information content (AvgIpc) is 2.84. The second-order valence-corrected chi connectivity index (χ2v) is 8.22. The Morgan fingerprint density at radius 3 is 2.53 bits per heavy atom. The molecule has 0 aliphatic rings. The first kappa shape index (κ1) is 21.7. The lowest BCUT2D eigenvalue weighted by Gasteiger charge is -2.15. The lowest BCUT2D eigenvalue weighted by molar-refractivity contribution is 0.102. The standard InChI is InChI=1S/C27H24N2O2S/c1-18-15-21(31-2)10-12-23(18)25-17-22(32-3)11-13-24(25)27(30)29-20-8-6-7-19(16-20)26-9-4-5-14-28-26/h4-17H,1-3H3,(H,29,30). The number of amides is 1. The number of carbonyl (C=O) groups is 1. The van der Waals surface area contributed by atoms with Crippen LogP contribution in [0.2, 0.25) is 0 Å². The molecule has 3 aromatic carbocycles. The topological polar surface area (TPSA) is 51.2 Å². The molecule has 1 heterocycles. The van der Waals surface area contributed by atoms with E-state index in [0.717, 1.165) is 44.3 Å². The summed E-state index contributed by atoms with van der Waals surface area (Å²) < 4.78 is 5.35. The first-order valence-electron chi connectivity index (χ1n) is 10.2. The van der Waals surface area contributed by atoms with E-state index in [-0.39, 0.29) is 5.91 Å². The minimum atomic E-state index is -0.152. The summed E-state index contributed by atoms with van der Waals surface area (Å²) in [4.78, 5) is 18.8. The molecule has 0 aliphatic carbocycles. The van der Waals surface area contributed by atoms with Crippen LogP contribution in [0, 0.1) is 6.92 Å². The number of pyridine rings is 1. The van der Waals surface area contributed by atoms with Crippen LogP contribution < -0.4 is 10.1 Å². The molecule has 0 atom stereocenters. The van der Waals surface area contributed by atoms with Crippen LogP contribution in [0.25, 0.3) is 22.4 Å². The Kier molecular flexibility index (Phi) is 6.57. The van der Waals surface area contributed by atoms with Crippen molar-refractivity contribution in [2.75, 3.05) is 18.7 Å². The van der Waals surface area contributed by atoms with Gasteiger partial charge < -0.3 is 10.1 Å². The van der Waals surface area contributed by atoms with Gasteiger partial charge in [-0.3, -0.25) is 9.78 Å². The molecule has 5 heteroatoms. The molecule has 4 nitrogen and oxygen atoms in total. The average molecular weight is 441 g/mol. The van der Waals surface area contributed by atoms with E-state index in [1.165, 1.54) is 0 Å². The molecule has 0 unspecified atom stereocenters. The maximum atomic E-state index is 13.3. The lowest BCUT2D eigenvalue weighted by Crippen LogP contribution is -2.13. The number of hydrogen-bond donors (Lipinski definition) is 1. The Hall–Kier alpha value is -3.57. The van der Waals surface area contributed by atoms with Crippen molar-refractivity contribution in [3.8, 4) is 28.1 Å². The van der Waals surface area contributed by atoms with Crippen LogP contribution in [-0.2, 0) is 0 Å². The number of nitrogens with zero attached hydrogens (tertiary/aromatic N) is 1. The summed E-state index contributed by atoms with van der Waals surface area (Å²) in [7, 11) is 1.65. The van der Waals surface area contributed by atoms with Crippen LogP contribution in [0.4, 0.5) is 5.69 Å². The number of thioether (sulfide) groups is 1. The van der Waals surface area contributed by atoms with Gasteiger partial charge in [-0.25, -0.2) is 0 Å². The van der Waals surface area contributed by atoms with Crippen molar-refractivity contribution < 1.29 is 9.53 Å². The van der Waals surface area contributed by atoms with Crippen LogP contribution in [0.3, 0.4) is 0 Å². The van der Waals surface area contributed by atoms with Crippen LogP contribution in [0.5, 0.6) is 5.75 Å². The van der Waals surface area contributed by atoms with Crippen LogP contribution in [0.1, 0.15) is 15.9 Å². The summed E-state index contributed by atoms with van der Waals surface area (Å²) >= 11 is 1.65. The van der Waals surface area contributed by atoms with Crippen LogP contribution in [-0.4, -0.2) is 24.3 Å². The number of aromatic nitrogens is 1. The molecular formula is C27H24N2O2S. The number of hydrogen-bond acceptors (Lipinski definition) is 4. The van der Waals surface area contributed by atoms with E-state index in [1.807, 2.05) is 86.0 Å². The third-order valence-electron chi connectivity index (χ3n) is 5.28. The van der Waals surface area contributed by atoms with E-state index in [2.05, 4.69) is 16.4 Å². The molecule has 4 aromatic rings. The molecule has 0 spiro atoms. The fourth-order valence-corrected chi connectivity index (χ4v) is 4.06. The molecule has 1 N–H and O–H groups in total. The second-order valence-electron chi connectivity index (χ2n) is 7.34. The van der Waals surface area contributed by atoms with E-state index in [9.17, 15) is 4.79 Å². The quantitative estimate of drug-likeness (QED) is 0.339. The highest BCUT2D eigenvalue weighted by Gasteiger charge is 2.16. The SMILES string of the molecule is COc1ccc(-c2cc(SC)ccc2C(=O)Nc2cccc(-c3ccccn3)c2)c(C)c1. The number of anilines is 1. The summed E-state index contributed by atoms with van der Waals surface area (Å²) in [5.41, 5.74) is 6.12.